The normalized spacial score (nSPS) is 8.90. The van der Waals surface area contributed by atoms with Gasteiger partial charge in [-0.15, -0.1) is 0 Å². The van der Waals surface area contributed by atoms with Crippen molar-refractivity contribution in [2.45, 2.75) is 0 Å². The number of halogens is 1. The fraction of sp³-hybridized carbons (Fsp3) is 0. The SMILES string of the molecule is N=COc1ccccc1Cl. The molecular formula is C7H6ClNO. The van der Waals surface area contributed by atoms with Crippen molar-refractivity contribution in [3.8, 4) is 5.75 Å². The van der Waals surface area contributed by atoms with E-state index in [9.17, 15) is 0 Å². The number of nitrogens with one attached hydrogen (secondary N) is 1. The highest BCUT2D eigenvalue weighted by Crippen LogP contribution is 2.21. The fourth-order valence-corrected chi connectivity index (χ4v) is 0.784. The van der Waals surface area contributed by atoms with Gasteiger partial charge in [-0.25, -0.2) is 0 Å². The smallest absolute Gasteiger partial charge is 0.173 e. The van der Waals surface area contributed by atoms with Gasteiger partial charge in [-0.1, -0.05) is 23.7 Å². The van der Waals surface area contributed by atoms with E-state index in [0.717, 1.165) is 6.40 Å². The second-order valence-electron chi connectivity index (χ2n) is 1.67. The molecule has 0 heterocycles. The molecule has 0 aliphatic rings. The number of ether oxygens (including phenoxy) is 1. The molecular weight excluding hydrogens is 150 g/mol. The van der Waals surface area contributed by atoms with Gasteiger partial charge in [0.1, 0.15) is 5.75 Å². The summed E-state index contributed by atoms with van der Waals surface area (Å²) in [4.78, 5) is 0. The highest BCUT2D eigenvalue weighted by molar-refractivity contribution is 6.32. The number of rotatable bonds is 2. The largest absolute Gasteiger partial charge is 0.445 e. The summed E-state index contributed by atoms with van der Waals surface area (Å²) in [6, 6.07) is 7.01. The lowest BCUT2D eigenvalue weighted by molar-refractivity contribution is 0.570. The topological polar surface area (TPSA) is 33.1 Å². The van der Waals surface area contributed by atoms with Gasteiger partial charge in [0.2, 0.25) is 0 Å². The maximum Gasteiger partial charge on any atom is 0.173 e. The molecule has 3 heteroatoms. The van der Waals surface area contributed by atoms with Gasteiger partial charge in [0, 0.05) is 0 Å². The van der Waals surface area contributed by atoms with E-state index in [2.05, 4.69) is 0 Å². The van der Waals surface area contributed by atoms with Crippen molar-refractivity contribution in [1.82, 2.24) is 0 Å². The van der Waals surface area contributed by atoms with E-state index in [1.807, 2.05) is 0 Å². The summed E-state index contributed by atoms with van der Waals surface area (Å²) >= 11 is 5.67. The summed E-state index contributed by atoms with van der Waals surface area (Å²) < 4.78 is 4.75. The molecule has 0 saturated carbocycles. The molecule has 1 rings (SSSR count). The second kappa shape index (κ2) is 3.22. The first-order chi connectivity index (χ1) is 4.84. The Morgan fingerprint density at radius 2 is 2.10 bits per heavy atom. The van der Waals surface area contributed by atoms with Crippen LogP contribution in [0.5, 0.6) is 5.75 Å². The van der Waals surface area contributed by atoms with Crippen LogP contribution >= 0.6 is 11.6 Å². The molecule has 0 aromatic heterocycles. The molecule has 52 valence electrons. The molecule has 0 aliphatic carbocycles. The van der Waals surface area contributed by atoms with Crippen molar-refractivity contribution < 1.29 is 4.74 Å². The average molecular weight is 156 g/mol. The lowest BCUT2D eigenvalue weighted by Gasteiger charge is -1.98. The van der Waals surface area contributed by atoms with E-state index in [1.54, 1.807) is 24.3 Å². The predicted molar refractivity (Wildman–Crippen MR) is 40.9 cm³/mol. The van der Waals surface area contributed by atoms with Crippen molar-refractivity contribution in [3.63, 3.8) is 0 Å². The van der Waals surface area contributed by atoms with Crippen LogP contribution in [-0.4, -0.2) is 6.40 Å². The molecule has 0 amide bonds. The van der Waals surface area contributed by atoms with Crippen LogP contribution in [0.3, 0.4) is 0 Å². The van der Waals surface area contributed by atoms with Crippen LogP contribution < -0.4 is 4.74 Å². The quantitative estimate of drug-likeness (QED) is 0.516. The van der Waals surface area contributed by atoms with E-state index in [-0.39, 0.29) is 0 Å². The first-order valence-corrected chi connectivity index (χ1v) is 3.12. The zero-order valence-corrected chi connectivity index (χ0v) is 5.93. The minimum atomic E-state index is 0.513. The number of benzene rings is 1. The van der Waals surface area contributed by atoms with Crippen LogP contribution in [-0.2, 0) is 0 Å². The Labute approximate surface area is 63.9 Å². The number of para-hydroxylation sites is 1. The molecule has 0 saturated heterocycles. The Balaban J connectivity index is 2.91. The third-order valence-electron chi connectivity index (χ3n) is 1.02. The van der Waals surface area contributed by atoms with Crippen LogP contribution in [0, 0.1) is 5.41 Å². The van der Waals surface area contributed by atoms with Gasteiger partial charge < -0.3 is 4.74 Å². The molecule has 2 nitrogen and oxygen atoms in total. The Bertz CT molecular complexity index is 237. The number of hydrogen-bond acceptors (Lipinski definition) is 2. The summed E-state index contributed by atoms with van der Waals surface area (Å²) in [5.41, 5.74) is 0. The fourth-order valence-electron chi connectivity index (χ4n) is 0.604. The Morgan fingerprint density at radius 3 is 2.70 bits per heavy atom. The summed E-state index contributed by atoms with van der Waals surface area (Å²) in [7, 11) is 0. The zero-order valence-electron chi connectivity index (χ0n) is 5.17. The third-order valence-corrected chi connectivity index (χ3v) is 1.33. The minimum Gasteiger partial charge on any atom is -0.445 e. The second-order valence-corrected chi connectivity index (χ2v) is 2.07. The maximum atomic E-state index is 6.63. The molecule has 0 unspecified atom stereocenters. The van der Waals surface area contributed by atoms with Gasteiger partial charge in [-0.3, -0.25) is 5.41 Å². The standard InChI is InChI=1S/C7H6ClNO/c8-6-3-1-2-4-7(6)10-5-9/h1-5,9H. The molecule has 0 bridgehead atoms. The van der Waals surface area contributed by atoms with Gasteiger partial charge in [0.25, 0.3) is 0 Å². The first kappa shape index (κ1) is 7.09. The van der Waals surface area contributed by atoms with Crippen LogP contribution in [0.25, 0.3) is 0 Å². The van der Waals surface area contributed by atoms with Crippen LogP contribution in [0.15, 0.2) is 24.3 Å². The molecule has 1 N–H and O–H groups in total. The number of hydrogen-bond donors (Lipinski definition) is 1. The van der Waals surface area contributed by atoms with Gasteiger partial charge in [0.05, 0.1) is 5.02 Å². The molecule has 0 aliphatic heterocycles. The van der Waals surface area contributed by atoms with E-state index in [4.69, 9.17) is 21.7 Å². The summed E-state index contributed by atoms with van der Waals surface area (Å²) in [5.74, 6) is 0.513. The van der Waals surface area contributed by atoms with Crippen LogP contribution in [0.4, 0.5) is 0 Å². The van der Waals surface area contributed by atoms with E-state index in [1.165, 1.54) is 0 Å². The molecule has 1 aromatic rings. The summed E-state index contributed by atoms with van der Waals surface area (Å²) in [6.45, 7) is 0. The predicted octanol–water partition coefficient (Wildman–Crippen LogP) is 2.33. The summed E-state index contributed by atoms with van der Waals surface area (Å²) in [6.07, 6.45) is 0.848. The van der Waals surface area contributed by atoms with Crippen molar-refractivity contribution >= 4 is 18.0 Å². The molecule has 1 aromatic carbocycles. The van der Waals surface area contributed by atoms with E-state index >= 15 is 0 Å². The van der Waals surface area contributed by atoms with Gasteiger partial charge in [-0.05, 0) is 12.1 Å². The zero-order chi connectivity index (χ0) is 7.40. The highest BCUT2D eigenvalue weighted by atomic mass is 35.5. The van der Waals surface area contributed by atoms with Crippen LogP contribution in [0.2, 0.25) is 5.02 Å². The minimum absolute atomic E-state index is 0.513. The van der Waals surface area contributed by atoms with Crippen molar-refractivity contribution in [2.75, 3.05) is 0 Å². The molecule has 0 fully saturated rings. The highest BCUT2D eigenvalue weighted by Gasteiger charge is 1.95. The lowest BCUT2D eigenvalue weighted by Crippen LogP contribution is -1.87. The van der Waals surface area contributed by atoms with Gasteiger partial charge in [-0.2, -0.15) is 0 Å². The summed E-state index contributed by atoms with van der Waals surface area (Å²) in [5, 5.41) is 7.15. The average Bonchev–Trinajstić information content (AvgIpc) is 1.94. The maximum absolute atomic E-state index is 6.63. The molecule has 0 spiro atoms. The monoisotopic (exact) mass is 155 g/mol. The van der Waals surface area contributed by atoms with Crippen molar-refractivity contribution in [3.05, 3.63) is 29.3 Å². The Morgan fingerprint density at radius 1 is 1.40 bits per heavy atom. The third kappa shape index (κ3) is 1.48. The van der Waals surface area contributed by atoms with Crippen molar-refractivity contribution in [1.29, 1.82) is 5.41 Å². The van der Waals surface area contributed by atoms with Gasteiger partial charge >= 0.3 is 0 Å². The van der Waals surface area contributed by atoms with E-state index < -0.39 is 0 Å². The molecule has 0 atom stereocenters. The van der Waals surface area contributed by atoms with E-state index in [0.29, 0.717) is 10.8 Å². The Kier molecular flexibility index (Phi) is 2.29. The molecule has 10 heavy (non-hydrogen) atoms. The van der Waals surface area contributed by atoms with Crippen molar-refractivity contribution in [2.24, 2.45) is 0 Å². The Hall–Kier alpha value is -1.02. The lowest BCUT2D eigenvalue weighted by atomic mass is 10.3. The first-order valence-electron chi connectivity index (χ1n) is 2.74. The molecule has 0 radical (unpaired) electrons. The van der Waals surface area contributed by atoms with Gasteiger partial charge in [0.15, 0.2) is 6.40 Å². The van der Waals surface area contributed by atoms with Crippen LogP contribution in [0.1, 0.15) is 0 Å².